The summed E-state index contributed by atoms with van der Waals surface area (Å²) < 4.78 is 13.9. The molecule has 0 fully saturated rings. The van der Waals surface area contributed by atoms with Gasteiger partial charge >= 0.3 is 0 Å². The highest BCUT2D eigenvalue weighted by Crippen LogP contribution is 2.22. The van der Waals surface area contributed by atoms with Gasteiger partial charge in [0.15, 0.2) is 0 Å². The monoisotopic (exact) mass is 256 g/mol. The Morgan fingerprint density at radius 2 is 2.18 bits per heavy atom. The molecule has 3 N–H and O–H groups in total. The molecule has 0 heterocycles. The third-order valence-electron chi connectivity index (χ3n) is 2.51. The van der Waals surface area contributed by atoms with Crippen LogP contribution in [-0.4, -0.2) is 29.3 Å². The lowest BCUT2D eigenvalue weighted by Crippen LogP contribution is -2.34. The van der Waals surface area contributed by atoms with Crippen LogP contribution in [-0.2, 0) is 0 Å². The van der Waals surface area contributed by atoms with Crippen molar-refractivity contribution in [3.8, 4) is 0 Å². The van der Waals surface area contributed by atoms with Gasteiger partial charge in [-0.3, -0.25) is 0 Å². The minimum atomic E-state index is -0.377. The van der Waals surface area contributed by atoms with Crippen LogP contribution in [0.15, 0.2) is 18.2 Å². The average Bonchev–Trinajstić information content (AvgIpc) is 2.26. The van der Waals surface area contributed by atoms with Crippen LogP contribution in [0.5, 0.6) is 0 Å². The summed E-state index contributed by atoms with van der Waals surface area (Å²) >= 11 is 4.79. The van der Waals surface area contributed by atoms with Crippen molar-refractivity contribution >= 4 is 22.9 Å². The molecular weight excluding hydrogens is 239 g/mol. The number of hydrogen-bond donors (Lipinski definition) is 2. The zero-order valence-corrected chi connectivity index (χ0v) is 10.8. The van der Waals surface area contributed by atoms with Gasteiger partial charge < -0.3 is 15.7 Å². The van der Waals surface area contributed by atoms with Gasteiger partial charge in [-0.1, -0.05) is 12.2 Å². The molecule has 0 aliphatic rings. The maximum Gasteiger partial charge on any atom is 0.147 e. The molecule has 0 amide bonds. The Morgan fingerprint density at radius 3 is 2.59 bits per heavy atom. The van der Waals surface area contributed by atoms with E-state index in [0.29, 0.717) is 17.8 Å². The topological polar surface area (TPSA) is 49.5 Å². The number of thiocarbonyl (C=S) groups is 1. The van der Waals surface area contributed by atoms with E-state index in [1.54, 1.807) is 17.0 Å². The molecule has 0 saturated heterocycles. The Balaban J connectivity index is 3.08. The van der Waals surface area contributed by atoms with Crippen molar-refractivity contribution in [3.05, 3.63) is 29.6 Å². The Morgan fingerprint density at radius 1 is 1.53 bits per heavy atom. The smallest absolute Gasteiger partial charge is 0.147 e. The largest absolute Gasteiger partial charge is 0.395 e. The summed E-state index contributed by atoms with van der Waals surface area (Å²) in [5, 5.41) is 8.98. The quantitative estimate of drug-likeness (QED) is 0.787. The van der Waals surface area contributed by atoms with E-state index in [1.807, 2.05) is 13.8 Å². The molecule has 0 bridgehead atoms. The number of aliphatic hydroxyl groups excluding tert-OH is 1. The third kappa shape index (κ3) is 3.38. The maximum atomic E-state index is 13.9. The molecule has 0 unspecified atom stereocenters. The van der Waals surface area contributed by atoms with E-state index in [2.05, 4.69) is 0 Å². The number of benzene rings is 1. The number of rotatable bonds is 5. The van der Waals surface area contributed by atoms with Crippen LogP contribution in [0.1, 0.15) is 19.4 Å². The fraction of sp³-hybridized carbons (Fsp3) is 0.417. The highest BCUT2D eigenvalue weighted by atomic mass is 32.1. The van der Waals surface area contributed by atoms with Gasteiger partial charge in [0, 0.05) is 18.2 Å². The molecule has 94 valence electrons. The minimum absolute atomic E-state index is 0.0192. The van der Waals surface area contributed by atoms with Gasteiger partial charge in [-0.05, 0) is 32.0 Å². The molecule has 17 heavy (non-hydrogen) atoms. The van der Waals surface area contributed by atoms with E-state index < -0.39 is 0 Å². The van der Waals surface area contributed by atoms with Gasteiger partial charge in [-0.15, -0.1) is 0 Å². The van der Waals surface area contributed by atoms with E-state index in [4.69, 9.17) is 23.1 Å². The Hall–Kier alpha value is -1.20. The zero-order valence-electron chi connectivity index (χ0n) is 9.98. The number of anilines is 1. The average molecular weight is 256 g/mol. The van der Waals surface area contributed by atoms with E-state index in [1.165, 1.54) is 6.07 Å². The van der Waals surface area contributed by atoms with Crippen molar-refractivity contribution in [2.45, 2.75) is 19.9 Å². The van der Waals surface area contributed by atoms with Crippen LogP contribution in [0.4, 0.5) is 10.1 Å². The van der Waals surface area contributed by atoms with Gasteiger partial charge in [0.25, 0.3) is 0 Å². The van der Waals surface area contributed by atoms with Crippen LogP contribution in [0.2, 0.25) is 0 Å². The normalized spacial score (nSPS) is 10.6. The van der Waals surface area contributed by atoms with Gasteiger partial charge in [0.1, 0.15) is 10.8 Å². The van der Waals surface area contributed by atoms with Crippen molar-refractivity contribution in [2.75, 3.05) is 18.1 Å². The number of aliphatic hydroxyl groups is 1. The van der Waals surface area contributed by atoms with Crippen LogP contribution in [0, 0.1) is 5.82 Å². The van der Waals surface area contributed by atoms with Crippen molar-refractivity contribution in [3.63, 3.8) is 0 Å². The van der Waals surface area contributed by atoms with Crippen molar-refractivity contribution < 1.29 is 9.50 Å². The SMILES string of the molecule is CC(C)N(CCO)c1ccc(C(N)=S)cc1F. The Bertz CT molecular complexity index is 409. The molecule has 0 saturated carbocycles. The summed E-state index contributed by atoms with van der Waals surface area (Å²) in [5.74, 6) is -0.377. The fourth-order valence-corrected chi connectivity index (χ4v) is 1.78. The number of hydrogen-bond acceptors (Lipinski definition) is 3. The van der Waals surface area contributed by atoms with Crippen LogP contribution >= 0.6 is 12.2 Å². The molecule has 1 aromatic rings. The van der Waals surface area contributed by atoms with Crippen LogP contribution in [0.3, 0.4) is 0 Å². The molecular formula is C12H17FN2OS. The van der Waals surface area contributed by atoms with E-state index in [0.717, 1.165) is 0 Å². The van der Waals surface area contributed by atoms with E-state index in [-0.39, 0.29) is 23.5 Å². The van der Waals surface area contributed by atoms with E-state index in [9.17, 15) is 4.39 Å². The van der Waals surface area contributed by atoms with Gasteiger partial charge in [0.05, 0.1) is 12.3 Å². The molecule has 1 aromatic carbocycles. The van der Waals surface area contributed by atoms with Crippen LogP contribution in [0.25, 0.3) is 0 Å². The summed E-state index contributed by atoms with van der Waals surface area (Å²) in [4.78, 5) is 1.97. The van der Waals surface area contributed by atoms with Gasteiger partial charge in [-0.2, -0.15) is 0 Å². The maximum absolute atomic E-state index is 13.9. The summed E-state index contributed by atoms with van der Waals surface area (Å²) in [7, 11) is 0. The number of halogens is 1. The van der Waals surface area contributed by atoms with Crippen molar-refractivity contribution in [1.29, 1.82) is 0 Å². The van der Waals surface area contributed by atoms with Gasteiger partial charge in [-0.25, -0.2) is 4.39 Å². The van der Waals surface area contributed by atoms with Crippen molar-refractivity contribution in [1.82, 2.24) is 0 Å². The predicted molar refractivity (Wildman–Crippen MR) is 71.9 cm³/mol. The molecule has 0 spiro atoms. The zero-order chi connectivity index (χ0) is 13.0. The minimum Gasteiger partial charge on any atom is -0.395 e. The predicted octanol–water partition coefficient (Wildman–Crippen LogP) is 1.67. The van der Waals surface area contributed by atoms with Crippen LogP contribution < -0.4 is 10.6 Å². The summed E-state index contributed by atoms with van der Waals surface area (Å²) in [6.07, 6.45) is 0. The standard InChI is InChI=1S/C12H17FN2OS/c1-8(2)15(5-6-16)11-4-3-9(12(14)17)7-10(11)13/h3-4,7-8,16H,5-6H2,1-2H3,(H2,14,17). The summed E-state index contributed by atoms with van der Waals surface area (Å²) in [6, 6.07) is 4.75. The molecule has 0 aliphatic carbocycles. The first-order valence-corrected chi connectivity index (χ1v) is 5.85. The number of nitrogens with two attached hydrogens (primary N) is 1. The molecule has 0 aromatic heterocycles. The second-order valence-electron chi connectivity index (χ2n) is 4.04. The molecule has 3 nitrogen and oxygen atoms in total. The third-order valence-corrected chi connectivity index (χ3v) is 2.74. The van der Waals surface area contributed by atoms with Crippen molar-refractivity contribution in [2.24, 2.45) is 5.73 Å². The second-order valence-corrected chi connectivity index (χ2v) is 4.48. The summed E-state index contributed by atoms with van der Waals surface area (Å²) in [5.41, 5.74) is 6.40. The number of nitrogens with zero attached hydrogens (tertiary/aromatic N) is 1. The highest BCUT2D eigenvalue weighted by molar-refractivity contribution is 7.80. The highest BCUT2D eigenvalue weighted by Gasteiger charge is 2.15. The Kier molecular flexibility index (Phi) is 4.84. The first kappa shape index (κ1) is 13.9. The lowest BCUT2D eigenvalue weighted by atomic mass is 10.1. The molecule has 5 heteroatoms. The first-order chi connectivity index (χ1) is 7.97. The molecule has 0 radical (unpaired) electrons. The van der Waals surface area contributed by atoms with Gasteiger partial charge in [0.2, 0.25) is 0 Å². The second kappa shape index (κ2) is 5.93. The molecule has 1 rings (SSSR count). The lowest BCUT2D eigenvalue weighted by molar-refractivity contribution is 0.298. The van der Waals surface area contributed by atoms with E-state index >= 15 is 0 Å². The first-order valence-electron chi connectivity index (χ1n) is 5.44. The molecule has 0 atom stereocenters. The summed E-state index contributed by atoms with van der Waals surface area (Å²) in [6.45, 7) is 4.25. The lowest BCUT2D eigenvalue weighted by Gasteiger charge is -2.28. The fourth-order valence-electron chi connectivity index (χ4n) is 1.66. The Labute approximate surface area is 106 Å². The molecule has 0 aliphatic heterocycles.